The van der Waals surface area contributed by atoms with E-state index in [0.29, 0.717) is 34.7 Å². The monoisotopic (exact) mass is 467 g/mol. The third-order valence-electron chi connectivity index (χ3n) is 4.89. The lowest BCUT2D eigenvalue weighted by atomic mass is 10.1. The Balaban J connectivity index is 1.84. The molecule has 0 unspecified atom stereocenters. The van der Waals surface area contributed by atoms with Crippen LogP contribution >= 0.6 is 0 Å². The maximum Gasteiger partial charge on any atom is 0.255 e. The van der Waals surface area contributed by atoms with E-state index in [9.17, 15) is 18.0 Å². The minimum absolute atomic E-state index is 0.0149. The number of nitrogens with two attached hydrogens (primary N) is 1. The van der Waals surface area contributed by atoms with Crippen molar-refractivity contribution in [1.82, 2.24) is 4.31 Å². The molecular weight excluding hydrogens is 442 g/mol. The third kappa shape index (κ3) is 5.76. The molecule has 0 spiro atoms. The average Bonchev–Trinajstić information content (AvgIpc) is 2.81. The van der Waals surface area contributed by atoms with Crippen LogP contribution in [0.3, 0.4) is 0 Å². The average molecular weight is 468 g/mol. The van der Waals surface area contributed by atoms with Gasteiger partial charge in [0.05, 0.1) is 11.5 Å². The van der Waals surface area contributed by atoms with Gasteiger partial charge in [0.2, 0.25) is 15.9 Å². The summed E-state index contributed by atoms with van der Waals surface area (Å²) in [6, 6.07) is 19.2. The number of benzene rings is 3. The first kappa shape index (κ1) is 24.0. The van der Waals surface area contributed by atoms with Crippen LogP contribution < -0.4 is 15.8 Å². The van der Waals surface area contributed by atoms with Crippen LogP contribution in [0.4, 0.5) is 5.69 Å². The number of amides is 2. The second kappa shape index (κ2) is 10.3. The molecule has 9 heteroatoms. The minimum atomic E-state index is -3.72. The van der Waals surface area contributed by atoms with Crippen molar-refractivity contribution in [2.45, 2.75) is 18.4 Å². The fraction of sp³-hybridized carbons (Fsp3) is 0.167. The lowest BCUT2D eigenvalue weighted by Crippen LogP contribution is -2.27. The molecule has 0 bridgehead atoms. The molecule has 0 saturated carbocycles. The van der Waals surface area contributed by atoms with E-state index in [1.165, 1.54) is 35.6 Å². The van der Waals surface area contributed by atoms with E-state index >= 15 is 0 Å². The Morgan fingerprint density at radius 1 is 0.970 bits per heavy atom. The molecule has 0 aliphatic heterocycles. The van der Waals surface area contributed by atoms with Crippen molar-refractivity contribution in [3.8, 4) is 5.75 Å². The molecule has 8 nitrogen and oxygen atoms in total. The highest BCUT2D eigenvalue weighted by molar-refractivity contribution is 7.89. The highest BCUT2D eigenvalue weighted by Gasteiger charge is 2.22. The Labute approximate surface area is 193 Å². The number of anilines is 1. The SMILES string of the molecule is CCOc1ccc(C(=O)Nc2ccc(C(N)=O)cc2)cc1CN(C)S(=O)(=O)c1ccccc1. The maximum absolute atomic E-state index is 12.9. The lowest BCUT2D eigenvalue weighted by molar-refractivity contribution is 0.0998. The molecule has 0 radical (unpaired) electrons. The molecule has 0 aliphatic carbocycles. The molecule has 0 fully saturated rings. The molecule has 0 aliphatic rings. The second-order valence-electron chi connectivity index (χ2n) is 7.23. The van der Waals surface area contributed by atoms with E-state index < -0.39 is 15.9 Å². The Morgan fingerprint density at radius 3 is 2.21 bits per heavy atom. The zero-order chi connectivity index (χ0) is 24.0. The van der Waals surface area contributed by atoms with Gasteiger partial charge in [0.25, 0.3) is 5.91 Å². The number of carbonyl (C=O) groups excluding carboxylic acids is 2. The third-order valence-corrected chi connectivity index (χ3v) is 6.71. The number of carbonyl (C=O) groups is 2. The fourth-order valence-electron chi connectivity index (χ4n) is 3.16. The zero-order valence-corrected chi connectivity index (χ0v) is 19.1. The molecule has 0 aromatic heterocycles. The second-order valence-corrected chi connectivity index (χ2v) is 9.27. The van der Waals surface area contributed by atoms with Crippen LogP contribution in [0.15, 0.2) is 77.7 Å². The van der Waals surface area contributed by atoms with Gasteiger partial charge in [-0.25, -0.2) is 8.42 Å². The van der Waals surface area contributed by atoms with Gasteiger partial charge in [-0.15, -0.1) is 0 Å². The number of primary amides is 1. The molecule has 0 saturated heterocycles. The maximum atomic E-state index is 12.9. The van der Waals surface area contributed by atoms with Crippen molar-refractivity contribution in [1.29, 1.82) is 0 Å². The van der Waals surface area contributed by atoms with Crippen LogP contribution in [0.25, 0.3) is 0 Å². The van der Waals surface area contributed by atoms with E-state index in [0.717, 1.165) is 0 Å². The fourth-order valence-corrected chi connectivity index (χ4v) is 4.33. The Hall–Kier alpha value is -3.69. The van der Waals surface area contributed by atoms with Crippen molar-refractivity contribution >= 4 is 27.5 Å². The van der Waals surface area contributed by atoms with Gasteiger partial charge in [-0.05, 0) is 61.5 Å². The van der Waals surface area contributed by atoms with Gasteiger partial charge in [-0.2, -0.15) is 4.31 Å². The van der Waals surface area contributed by atoms with Gasteiger partial charge in [-0.3, -0.25) is 9.59 Å². The van der Waals surface area contributed by atoms with Crippen LogP contribution in [-0.2, 0) is 16.6 Å². The van der Waals surface area contributed by atoms with Crippen molar-refractivity contribution in [2.24, 2.45) is 5.73 Å². The summed E-state index contributed by atoms with van der Waals surface area (Å²) in [4.78, 5) is 24.2. The Kier molecular flexibility index (Phi) is 7.47. The van der Waals surface area contributed by atoms with Crippen molar-refractivity contribution < 1.29 is 22.7 Å². The van der Waals surface area contributed by atoms with E-state index in [2.05, 4.69) is 5.32 Å². The summed E-state index contributed by atoms with van der Waals surface area (Å²) in [6.45, 7) is 2.23. The topological polar surface area (TPSA) is 119 Å². The standard InChI is InChI=1S/C24H25N3O5S/c1-3-32-22-14-11-18(24(29)26-20-12-9-17(10-13-20)23(25)28)15-19(22)16-27(2)33(30,31)21-7-5-4-6-8-21/h4-15H,3,16H2,1-2H3,(H2,25,28)(H,26,29). The summed E-state index contributed by atoms with van der Waals surface area (Å²) in [7, 11) is -2.24. The van der Waals surface area contributed by atoms with Gasteiger partial charge < -0.3 is 15.8 Å². The van der Waals surface area contributed by atoms with Crippen molar-refractivity contribution in [3.63, 3.8) is 0 Å². The molecule has 3 N–H and O–H groups in total. The molecular formula is C24H25N3O5S. The van der Waals surface area contributed by atoms with E-state index in [-0.39, 0.29) is 17.3 Å². The highest BCUT2D eigenvalue weighted by atomic mass is 32.2. The molecule has 0 atom stereocenters. The Morgan fingerprint density at radius 2 is 1.61 bits per heavy atom. The van der Waals surface area contributed by atoms with E-state index in [4.69, 9.17) is 10.5 Å². The van der Waals surface area contributed by atoms with E-state index in [1.54, 1.807) is 48.5 Å². The summed E-state index contributed by atoms with van der Waals surface area (Å²) >= 11 is 0. The first-order valence-electron chi connectivity index (χ1n) is 10.2. The molecule has 2 amide bonds. The first-order valence-corrected chi connectivity index (χ1v) is 11.6. The van der Waals surface area contributed by atoms with E-state index in [1.807, 2.05) is 6.92 Å². The van der Waals surface area contributed by atoms with Gasteiger partial charge in [0.1, 0.15) is 5.75 Å². The minimum Gasteiger partial charge on any atom is -0.494 e. The summed E-state index contributed by atoms with van der Waals surface area (Å²) in [6.07, 6.45) is 0. The van der Waals surface area contributed by atoms with Gasteiger partial charge in [0.15, 0.2) is 0 Å². The lowest BCUT2D eigenvalue weighted by Gasteiger charge is -2.20. The summed E-state index contributed by atoms with van der Waals surface area (Å²) in [5.74, 6) is -0.451. The molecule has 3 rings (SSSR count). The van der Waals surface area contributed by atoms with Crippen LogP contribution in [0.2, 0.25) is 0 Å². The van der Waals surface area contributed by atoms with Crippen LogP contribution in [0, 0.1) is 0 Å². The summed E-state index contributed by atoms with van der Waals surface area (Å²) in [5, 5.41) is 2.75. The van der Waals surface area contributed by atoms with Gasteiger partial charge in [0, 0.05) is 36.0 Å². The number of nitrogens with zero attached hydrogens (tertiary/aromatic N) is 1. The van der Waals surface area contributed by atoms with Crippen molar-refractivity contribution in [3.05, 3.63) is 89.5 Å². The molecule has 0 heterocycles. The molecule has 33 heavy (non-hydrogen) atoms. The predicted octanol–water partition coefficient (Wildman–Crippen LogP) is 3.26. The number of hydrogen-bond donors (Lipinski definition) is 2. The predicted molar refractivity (Wildman–Crippen MR) is 126 cm³/mol. The first-order chi connectivity index (χ1) is 15.7. The zero-order valence-electron chi connectivity index (χ0n) is 18.3. The number of ether oxygens (including phenoxy) is 1. The number of sulfonamides is 1. The quantitative estimate of drug-likeness (QED) is 0.501. The van der Waals surface area contributed by atoms with Crippen LogP contribution in [0.1, 0.15) is 33.2 Å². The molecule has 172 valence electrons. The number of hydrogen-bond acceptors (Lipinski definition) is 5. The summed E-state index contributed by atoms with van der Waals surface area (Å²) < 4.78 is 32.7. The Bertz CT molecular complexity index is 1240. The normalized spacial score (nSPS) is 11.2. The molecule has 3 aromatic carbocycles. The number of nitrogens with one attached hydrogen (secondary N) is 1. The summed E-state index contributed by atoms with van der Waals surface area (Å²) in [5.41, 5.74) is 6.94. The molecule has 3 aromatic rings. The highest BCUT2D eigenvalue weighted by Crippen LogP contribution is 2.25. The van der Waals surface area contributed by atoms with Gasteiger partial charge in [-0.1, -0.05) is 18.2 Å². The number of rotatable bonds is 9. The smallest absolute Gasteiger partial charge is 0.255 e. The van der Waals surface area contributed by atoms with Crippen LogP contribution in [0.5, 0.6) is 5.75 Å². The van der Waals surface area contributed by atoms with Crippen LogP contribution in [-0.4, -0.2) is 38.2 Å². The largest absolute Gasteiger partial charge is 0.494 e. The van der Waals surface area contributed by atoms with Gasteiger partial charge >= 0.3 is 0 Å². The van der Waals surface area contributed by atoms with Crippen molar-refractivity contribution in [2.75, 3.05) is 19.0 Å².